The second kappa shape index (κ2) is 6.06. The van der Waals surface area contributed by atoms with E-state index in [1.165, 1.54) is 13.1 Å². The van der Waals surface area contributed by atoms with Gasteiger partial charge in [-0.3, -0.25) is 9.17 Å². The van der Waals surface area contributed by atoms with E-state index in [2.05, 4.69) is 36.3 Å². The van der Waals surface area contributed by atoms with Crippen molar-refractivity contribution in [2.75, 3.05) is 17.7 Å². The summed E-state index contributed by atoms with van der Waals surface area (Å²) in [6.07, 6.45) is 0. The highest BCUT2D eigenvalue weighted by Gasteiger charge is 2.13. The number of carbonyl (C=O) groups excluding carboxylic acids is 1. The SMILES string of the molecule is CNC(=O)Nc1c(Nc2ccc(Br)c(F)c2)s[nH]c1=O. The smallest absolute Gasteiger partial charge is 0.319 e. The van der Waals surface area contributed by atoms with Crippen molar-refractivity contribution in [3.63, 3.8) is 0 Å². The van der Waals surface area contributed by atoms with Crippen molar-refractivity contribution in [2.24, 2.45) is 0 Å². The lowest BCUT2D eigenvalue weighted by atomic mass is 10.3. The van der Waals surface area contributed by atoms with E-state index >= 15 is 0 Å². The van der Waals surface area contributed by atoms with Crippen molar-refractivity contribution in [3.8, 4) is 0 Å². The quantitative estimate of drug-likeness (QED) is 0.678. The molecule has 106 valence electrons. The Hall–Kier alpha value is -1.87. The van der Waals surface area contributed by atoms with Gasteiger partial charge in [0.25, 0.3) is 5.56 Å². The van der Waals surface area contributed by atoms with Crippen LogP contribution in [-0.4, -0.2) is 17.5 Å². The molecule has 6 nitrogen and oxygen atoms in total. The second-order valence-corrected chi connectivity index (χ2v) is 5.37. The van der Waals surface area contributed by atoms with Gasteiger partial charge in [0.2, 0.25) is 0 Å². The van der Waals surface area contributed by atoms with Gasteiger partial charge in [-0.05, 0) is 45.7 Å². The summed E-state index contributed by atoms with van der Waals surface area (Å²) in [5, 5.41) is 8.02. The van der Waals surface area contributed by atoms with Crippen molar-refractivity contribution in [1.82, 2.24) is 9.69 Å². The number of amides is 2. The summed E-state index contributed by atoms with van der Waals surface area (Å²) in [6, 6.07) is 3.94. The molecule has 0 saturated carbocycles. The first-order valence-electron chi connectivity index (χ1n) is 5.43. The van der Waals surface area contributed by atoms with Gasteiger partial charge in [0, 0.05) is 12.7 Å². The Morgan fingerprint density at radius 2 is 2.20 bits per heavy atom. The highest BCUT2D eigenvalue weighted by molar-refractivity contribution is 9.10. The van der Waals surface area contributed by atoms with E-state index in [9.17, 15) is 14.0 Å². The van der Waals surface area contributed by atoms with Gasteiger partial charge >= 0.3 is 6.03 Å². The third-order valence-electron chi connectivity index (χ3n) is 2.34. The standard InChI is InChI=1S/C11H10BrFN4O2S/c1-14-11(19)16-8-9(18)17-20-10(8)15-5-2-3-6(12)7(13)4-5/h2-4,15H,1H3,(H,17,18)(H2,14,16,19). The van der Waals surface area contributed by atoms with Crippen LogP contribution in [0.25, 0.3) is 0 Å². The molecule has 0 spiro atoms. The first-order valence-corrected chi connectivity index (χ1v) is 7.04. The van der Waals surface area contributed by atoms with Crippen LogP contribution in [0.15, 0.2) is 27.5 Å². The average Bonchev–Trinajstić information content (AvgIpc) is 2.75. The molecule has 2 rings (SSSR count). The van der Waals surface area contributed by atoms with Crippen LogP contribution in [0.1, 0.15) is 0 Å². The zero-order valence-corrected chi connectivity index (χ0v) is 12.6. The maximum absolute atomic E-state index is 13.4. The lowest BCUT2D eigenvalue weighted by Gasteiger charge is -2.07. The Kier molecular flexibility index (Phi) is 4.40. The molecule has 0 atom stereocenters. The van der Waals surface area contributed by atoms with Gasteiger partial charge in [0.15, 0.2) is 0 Å². The predicted octanol–water partition coefficient (Wildman–Crippen LogP) is 2.83. The topological polar surface area (TPSA) is 86.0 Å². The zero-order chi connectivity index (χ0) is 14.7. The molecule has 0 aliphatic rings. The number of aromatic nitrogens is 1. The third-order valence-corrected chi connectivity index (χ3v) is 3.78. The molecular weight excluding hydrogens is 351 g/mol. The number of urea groups is 1. The van der Waals surface area contributed by atoms with E-state index in [0.717, 1.165) is 11.5 Å². The molecule has 0 aliphatic heterocycles. The number of nitrogens with one attached hydrogen (secondary N) is 4. The van der Waals surface area contributed by atoms with Crippen LogP contribution in [0.4, 0.5) is 25.6 Å². The van der Waals surface area contributed by atoms with Crippen LogP contribution in [0.5, 0.6) is 0 Å². The summed E-state index contributed by atoms with van der Waals surface area (Å²) in [7, 11) is 1.44. The van der Waals surface area contributed by atoms with E-state index in [0.29, 0.717) is 15.2 Å². The second-order valence-electron chi connectivity index (χ2n) is 3.70. The normalized spacial score (nSPS) is 10.2. The Bertz CT molecular complexity index is 700. The molecule has 0 unspecified atom stereocenters. The van der Waals surface area contributed by atoms with E-state index in [-0.39, 0.29) is 5.69 Å². The summed E-state index contributed by atoms with van der Waals surface area (Å²) in [4.78, 5) is 22.9. The maximum Gasteiger partial charge on any atom is 0.319 e. The van der Waals surface area contributed by atoms with Gasteiger partial charge in [-0.1, -0.05) is 0 Å². The van der Waals surface area contributed by atoms with Crippen molar-refractivity contribution < 1.29 is 9.18 Å². The lowest BCUT2D eigenvalue weighted by molar-refractivity contribution is 0.254. The molecule has 0 saturated heterocycles. The Morgan fingerprint density at radius 1 is 1.45 bits per heavy atom. The number of aromatic amines is 1. The zero-order valence-electron chi connectivity index (χ0n) is 10.2. The fourth-order valence-electron chi connectivity index (χ4n) is 1.39. The van der Waals surface area contributed by atoms with Crippen LogP contribution in [0.2, 0.25) is 0 Å². The van der Waals surface area contributed by atoms with E-state index < -0.39 is 17.4 Å². The Morgan fingerprint density at radius 3 is 2.85 bits per heavy atom. The highest BCUT2D eigenvalue weighted by atomic mass is 79.9. The fourth-order valence-corrected chi connectivity index (χ4v) is 2.34. The van der Waals surface area contributed by atoms with Crippen molar-refractivity contribution in [1.29, 1.82) is 0 Å². The summed E-state index contributed by atoms with van der Waals surface area (Å²) < 4.78 is 16.3. The first-order chi connectivity index (χ1) is 9.51. The van der Waals surface area contributed by atoms with Crippen LogP contribution < -0.4 is 21.5 Å². The molecule has 20 heavy (non-hydrogen) atoms. The minimum Gasteiger partial charge on any atom is -0.344 e. The lowest BCUT2D eigenvalue weighted by Crippen LogP contribution is -2.27. The van der Waals surface area contributed by atoms with Gasteiger partial charge in [0.05, 0.1) is 4.47 Å². The molecule has 0 fully saturated rings. The molecule has 4 N–H and O–H groups in total. The summed E-state index contributed by atoms with van der Waals surface area (Å²) in [6.45, 7) is 0. The summed E-state index contributed by atoms with van der Waals surface area (Å²) in [5.74, 6) is -0.432. The Labute approximate surface area is 125 Å². The largest absolute Gasteiger partial charge is 0.344 e. The van der Waals surface area contributed by atoms with Gasteiger partial charge < -0.3 is 16.0 Å². The number of hydrogen-bond acceptors (Lipinski definition) is 4. The monoisotopic (exact) mass is 360 g/mol. The summed E-state index contributed by atoms with van der Waals surface area (Å²) in [5.41, 5.74) is 0.109. The minimum atomic E-state index is -0.515. The number of anilines is 3. The van der Waals surface area contributed by atoms with Crippen LogP contribution >= 0.6 is 27.5 Å². The predicted molar refractivity (Wildman–Crippen MR) is 80.4 cm³/mol. The average molecular weight is 361 g/mol. The molecule has 1 aromatic carbocycles. The van der Waals surface area contributed by atoms with Gasteiger partial charge in [-0.15, -0.1) is 0 Å². The first kappa shape index (κ1) is 14.5. The molecular formula is C11H10BrFN4O2S. The number of H-pyrrole nitrogens is 1. The number of carbonyl (C=O) groups is 1. The summed E-state index contributed by atoms with van der Waals surface area (Å²) >= 11 is 4.06. The molecule has 0 bridgehead atoms. The van der Waals surface area contributed by atoms with Crippen LogP contribution in [0, 0.1) is 5.82 Å². The number of rotatable bonds is 3. The third kappa shape index (κ3) is 3.17. The highest BCUT2D eigenvalue weighted by Crippen LogP contribution is 2.28. The van der Waals surface area contributed by atoms with E-state index in [4.69, 9.17) is 0 Å². The number of halogens is 2. The van der Waals surface area contributed by atoms with Gasteiger partial charge in [0.1, 0.15) is 16.5 Å². The molecule has 0 radical (unpaired) electrons. The molecule has 0 aliphatic carbocycles. The van der Waals surface area contributed by atoms with E-state index in [1.807, 2.05) is 0 Å². The fraction of sp³-hybridized carbons (Fsp3) is 0.0909. The number of benzene rings is 1. The Balaban J connectivity index is 2.27. The van der Waals surface area contributed by atoms with Crippen LogP contribution in [-0.2, 0) is 0 Å². The van der Waals surface area contributed by atoms with Crippen molar-refractivity contribution in [3.05, 3.63) is 38.8 Å². The van der Waals surface area contributed by atoms with Gasteiger partial charge in [-0.25, -0.2) is 9.18 Å². The minimum absolute atomic E-state index is 0.0812. The van der Waals surface area contributed by atoms with Gasteiger partial charge in [-0.2, -0.15) is 0 Å². The van der Waals surface area contributed by atoms with Crippen LogP contribution in [0.3, 0.4) is 0 Å². The maximum atomic E-state index is 13.4. The van der Waals surface area contributed by atoms with E-state index in [1.54, 1.807) is 12.1 Å². The number of hydrogen-bond donors (Lipinski definition) is 4. The van der Waals surface area contributed by atoms with Crippen molar-refractivity contribution >= 4 is 49.9 Å². The molecule has 9 heteroatoms. The molecule has 2 aromatic rings. The molecule has 1 aromatic heterocycles. The van der Waals surface area contributed by atoms with Crippen molar-refractivity contribution in [2.45, 2.75) is 0 Å². The molecule has 2 amide bonds. The molecule has 1 heterocycles.